The molecular formula is C10H6BrClN2O. The standard InChI is InChI=1S/C10H6BrClN2O/c11-8-2-1-5-13-10(8)15-7-3-4-9(12)14-6-7/h1-6H. The lowest BCUT2D eigenvalue weighted by Gasteiger charge is -2.05. The largest absolute Gasteiger partial charge is 0.436 e. The van der Waals surface area contributed by atoms with Crippen molar-refractivity contribution in [3.05, 3.63) is 46.3 Å². The fourth-order valence-corrected chi connectivity index (χ4v) is 1.43. The van der Waals surface area contributed by atoms with Gasteiger partial charge < -0.3 is 4.74 Å². The molecule has 0 aliphatic carbocycles. The maximum absolute atomic E-state index is 5.65. The van der Waals surface area contributed by atoms with Crippen molar-refractivity contribution < 1.29 is 4.74 Å². The fraction of sp³-hybridized carbons (Fsp3) is 0. The third-order valence-corrected chi connectivity index (χ3v) is 2.47. The van der Waals surface area contributed by atoms with Crippen LogP contribution in [0.3, 0.4) is 0 Å². The predicted molar refractivity (Wildman–Crippen MR) is 61.3 cm³/mol. The molecular weight excluding hydrogens is 279 g/mol. The van der Waals surface area contributed by atoms with Crippen LogP contribution in [0, 0.1) is 0 Å². The van der Waals surface area contributed by atoms with Gasteiger partial charge >= 0.3 is 0 Å². The summed E-state index contributed by atoms with van der Waals surface area (Å²) >= 11 is 8.99. The van der Waals surface area contributed by atoms with Gasteiger partial charge in [-0.05, 0) is 40.2 Å². The van der Waals surface area contributed by atoms with Gasteiger partial charge in [0.1, 0.15) is 10.9 Å². The first-order chi connectivity index (χ1) is 7.25. The van der Waals surface area contributed by atoms with Gasteiger partial charge in [-0.3, -0.25) is 0 Å². The van der Waals surface area contributed by atoms with Gasteiger partial charge in [0.2, 0.25) is 5.88 Å². The van der Waals surface area contributed by atoms with Gasteiger partial charge in [-0.1, -0.05) is 11.6 Å². The lowest BCUT2D eigenvalue weighted by Crippen LogP contribution is -1.89. The molecule has 0 aliphatic rings. The summed E-state index contributed by atoms with van der Waals surface area (Å²) in [6.45, 7) is 0. The van der Waals surface area contributed by atoms with E-state index in [-0.39, 0.29) is 0 Å². The van der Waals surface area contributed by atoms with Crippen LogP contribution in [0.2, 0.25) is 5.15 Å². The lowest BCUT2D eigenvalue weighted by atomic mass is 10.4. The van der Waals surface area contributed by atoms with Crippen LogP contribution in [-0.2, 0) is 0 Å². The highest BCUT2D eigenvalue weighted by atomic mass is 79.9. The Morgan fingerprint density at radius 3 is 2.73 bits per heavy atom. The Morgan fingerprint density at radius 2 is 2.07 bits per heavy atom. The molecule has 76 valence electrons. The highest BCUT2D eigenvalue weighted by Crippen LogP contribution is 2.26. The van der Waals surface area contributed by atoms with E-state index in [4.69, 9.17) is 16.3 Å². The number of hydrogen-bond donors (Lipinski definition) is 0. The van der Waals surface area contributed by atoms with Crippen molar-refractivity contribution in [2.75, 3.05) is 0 Å². The Bertz CT molecular complexity index is 461. The molecule has 0 N–H and O–H groups in total. The van der Waals surface area contributed by atoms with Gasteiger partial charge in [0.05, 0.1) is 10.7 Å². The van der Waals surface area contributed by atoms with Gasteiger partial charge in [-0.25, -0.2) is 9.97 Å². The minimum Gasteiger partial charge on any atom is -0.436 e. The molecule has 5 heteroatoms. The lowest BCUT2D eigenvalue weighted by molar-refractivity contribution is 0.457. The molecule has 0 unspecified atom stereocenters. The summed E-state index contributed by atoms with van der Waals surface area (Å²) in [4.78, 5) is 7.97. The third-order valence-electron chi connectivity index (χ3n) is 1.64. The van der Waals surface area contributed by atoms with Crippen molar-refractivity contribution in [1.82, 2.24) is 9.97 Å². The van der Waals surface area contributed by atoms with Crippen molar-refractivity contribution in [2.24, 2.45) is 0 Å². The van der Waals surface area contributed by atoms with Crippen LogP contribution in [0.25, 0.3) is 0 Å². The third kappa shape index (κ3) is 2.67. The van der Waals surface area contributed by atoms with E-state index in [1.54, 1.807) is 24.5 Å². The van der Waals surface area contributed by atoms with E-state index >= 15 is 0 Å². The molecule has 0 bridgehead atoms. The minimum atomic E-state index is 0.433. The predicted octanol–water partition coefficient (Wildman–Crippen LogP) is 3.68. The van der Waals surface area contributed by atoms with E-state index in [2.05, 4.69) is 25.9 Å². The van der Waals surface area contributed by atoms with Crippen LogP contribution in [-0.4, -0.2) is 9.97 Å². The molecule has 0 fully saturated rings. The van der Waals surface area contributed by atoms with Crippen LogP contribution in [0.5, 0.6) is 11.6 Å². The van der Waals surface area contributed by atoms with Crippen LogP contribution >= 0.6 is 27.5 Å². The molecule has 0 saturated carbocycles. The first-order valence-electron chi connectivity index (χ1n) is 4.15. The number of rotatable bonds is 2. The maximum Gasteiger partial charge on any atom is 0.233 e. The molecule has 2 aromatic heterocycles. The SMILES string of the molecule is Clc1ccc(Oc2ncccc2Br)cn1. The summed E-state index contributed by atoms with van der Waals surface area (Å²) in [5.74, 6) is 1.10. The molecule has 0 aliphatic heterocycles. The van der Waals surface area contributed by atoms with Crippen molar-refractivity contribution in [1.29, 1.82) is 0 Å². The van der Waals surface area contributed by atoms with Crippen molar-refractivity contribution in [2.45, 2.75) is 0 Å². The number of halogens is 2. The molecule has 0 spiro atoms. The zero-order chi connectivity index (χ0) is 10.7. The summed E-state index contributed by atoms with van der Waals surface area (Å²) in [5.41, 5.74) is 0. The van der Waals surface area contributed by atoms with E-state index in [0.717, 1.165) is 4.47 Å². The molecule has 0 atom stereocenters. The topological polar surface area (TPSA) is 35.0 Å². The highest BCUT2D eigenvalue weighted by molar-refractivity contribution is 9.10. The molecule has 2 rings (SSSR count). The molecule has 0 amide bonds. The maximum atomic E-state index is 5.65. The first kappa shape index (κ1) is 10.4. The number of aromatic nitrogens is 2. The van der Waals surface area contributed by atoms with Crippen LogP contribution in [0.15, 0.2) is 41.1 Å². The smallest absolute Gasteiger partial charge is 0.233 e. The average molecular weight is 286 g/mol. The summed E-state index contributed by atoms with van der Waals surface area (Å²) in [6.07, 6.45) is 3.20. The number of hydrogen-bond acceptors (Lipinski definition) is 3. The second-order valence-corrected chi connectivity index (χ2v) is 3.95. The summed E-state index contributed by atoms with van der Waals surface area (Å²) in [7, 11) is 0. The number of pyridine rings is 2. The fourth-order valence-electron chi connectivity index (χ4n) is 0.981. The van der Waals surface area contributed by atoms with Gasteiger partial charge in [0, 0.05) is 6.20 Å². The Balaban J connectivity index is 2.22. The Hall–Kier alpha value is -1.13. The number of ether oxygens (including phenoxy) is 1. The van der Waals surface area contributed by atoms with Gasteiger partial charge in [-0.2, -0.15) is 0 Å². The van der Waals surface area contributed by atoms with Crippen molar-refractivity contribution >= 4 is 27.5 Å². The molecule has 15 heavy (non-hydrogen) atoms. The van der Waals surface area contributed by atoms with Gasteiger partial charge in [0.25, 0.3) is 0 Å². The zero-order valence-corrected chi connectivity index (χ0v) is 9.86. The van der Waals surface area contributed by atoms with E-state index < -0.39 is 0 Å². The highest BCUT2D eigenvalue weighted by Gasteiger charge is 2.02. The van der Waals surface area contributed by atoms with E-state index in [9.17, 15) is 0 Å². The second kappa shape index (κ2) is 4.59. The van der Waals surface area contributed by atoms with Gasteiger partial charge in [-0.15, -0.1) is 0 Å². The monoisotopic (exact) mass is 284 g/mol. The molecule has 0 saturated heterocycles. The Kier molecular flexibility index (Phi) is 3.18. The summed E-state index contributed by atoms with van der Waals surface area (Å²) in [6, 6.07) is 7.06. The van der Waals surface area contributed by atoms with E-state index in [1.807, 2.05) is 12.1 Å². The molecule has 0 radical (unpaired) electrons. The molecule has 3 nitrogen and oxygen atoms in total. The van der Waals surface area contributed by atoms with Gasteiger partial charge in [0.15, 0.2) is 0 Å². The molecule has 0 aromatic carbocycles. The van der Waals surface area contributed by atoms with Crippen molar-refractivity contribution in [3.8, 4) is 11.6 Å². The summed E-state index contributed by atoms with van der Waals surface area (Å²) in [5, 5.41) is 0.433. The zero-order valence-electron chi connectivity index (χ0n) is 7.52. The summed E-state index contributed by atoms with van der Waals surface area (Å²) < 4.78 is 6.28. The minimum absolute atomic E-state index is 0.433. The number of nitrogens with zero attached hydrogens (tertiary/aromatic N) is 2. The molecule has 2 aromatic rings. The first-order valence-corrected chi connectivity index (χ1v) is 5.33. The van der Waals surface area contributed by atoms with Crippen molar-refractivity contribution in [3.63, 3.8) is 0 Å². The van der Waals surface area contributed by atoms with E-state index in [1.165, 1.54) is 0 Å². The normalized spacial score (nSPS) is 10.0. The molecule has 2 heterocycles. The quantitative estimate of drug-likeness (QED) is 0.789. The van der Waals surface area contributed by atoms with Crippen LogP contribution in [0.4, 0.5) is 0 Å². The Morgan fingerprint density at radius 1 is 1.20 bits per heavy atom. The second-order valence-electron chi connectivity index (χ2n) is 2.71. The Labute approximate surface area is 100 Å². The van der Waals surface area contributed by atoms with Crippen LogP contribution in [0.1, 0.15) is 0 Å². The van der Waals surface area contributed by atoms with Crippen LogP contribution < -0.4 is 4.74 Å². The van der Waals surface area contributed by atoms with E-state index in [0.29, 0.717) is 16.8 Å². The average Bonchev–Trinajstić information content (AvgIpc) is 2.25.